The third-order valence-electron chi connectivity index (χ3n) is 3.11. The Balaban J connectivity index is 2.42. The molecule has 0 saturated carbocycles. The molecule has 1 aromatic carbocycles. The van der Waals surface area contributed by atoms with Crippen molar-refractivity contribution in [2.24, 2.45) is 0 Å². The normalized spacial score (nSPS) is 13.9. The topological polar surface area (TPSA) is 150 Å². The van der Waals surface area contributed by atoms with Crippen molar-refractivity contribution in [1.29, 1.82) is 0 Å². The first-order valence-electron chi connectivity index (χ1n) is 6.43. The van der Waals surface area contributed by atoms with Gasteiger partial charge in [-0.15, -0.1) is 0 Å². The second-order valence-electron chi connectivity index (χ2n) is 4.62. The number of aliphatic hydroxyl groups is 1. The highest BCUT2D eigenvalue weighted by atomic mass is 79.9. The van der Waals surface area contributed by atoms with Gasteiger partial charge < -0.3 is 15.5 Å². The molecule has 126 valence electrons. The van der Waals surface area contributed by atoms with Crippen molar-refractivity contribution in [3.8, 4) is 0 Å². The Kier molecular flexibility index (Phi) is 4.95. The standard InChI is InChI=1S/C13H10BrN3O7/c14-7-3-6(13(21)22)4-9(17(23)24)11(7)15-8-5-10(19)16(1-2-18)12(8)20/h3-5,15,18H,1-2H2,(H,21,22). The van der Waals surface area contributed by atoms with E-state index in [1.54, 1.807) is 0 Å². The minimum Gasteiger partial charge on any atom is -0.478 e. The summed E-state index contributed by atoms with van der Waals surface area (Å²) in [5, 5.41) is 31.4. The molecule has 1 heterocycles. The molecule has 0 atom stereocenters. The van der Waals surface area contributed by atoms with Crippen LogP contribution in [0, 0.1) is 10.1 Å². The van der Waals surface area contributed by atoms with Crippen LogP contribution in [0.25, 0.3) is 0 Å². The summed E-state index contributed by atoms with van der Waals surface area (Å²) in [5.41, 5.74) is -1.28. The second-order valence-corrected chi connectivity index (χ2v) is 5.47. The summed E-state index contributed by atoms with van der Waals surface area (Å²) in [7, 11) is 0. The zero-order chi connectivity index (χ0) is 18.0. The molecule has 0 unspecified atom stereocenters. The summed E-state index contributed by atoms with van der Waals surface area (Å²) >= 11 is 3.02. The van der Waals surface area contributed by atoms with Crippen LogP contribution in [0.5, 0.6) is 0 Å². The van der Waals surface area contributed by atoms with Gasteiger partial charge in [0.05, 0.1) is 23.6 Å². The van der Waals surface area contributed by atoms with Gasteiger partial charge in [0.1, 0.15) is 11.4 Å². The summed E-state index contributed by atoms with van der Waals surface area (Å²) in [4.78, 5) is 45.9. The van der Waals surface area contributed by atoms with Gasteiger partial charge in [-0.25, -0.2) is 4.79 Å². The van der Waals surface area contributed by atoms with E-state index in [1.165, 1.54) is 0 Å². The zero-order valence-electron chi connectivity index (χ0n) is 11.9. The van der Waals surface area contributed by atoms with Crippen LogP contribution < -0.4 is 5.32 Å². The second kappa shape index (κ2) is 6.76. The van der Waals surface area contributed by atoms with E-state index in [9.17, 15) is 24.5 Å². The number of nitro benzene ring substituents is 1. The number of carbonyl (C=O) groups is 3. The van der Waals surface area contributed by atoms with Crippen LogP contribution in [0.4, 0.5) is 11.4 Å². The van der Waals surface area contributed by atoms with Crippen molar-refractivity contribution < 1.29 is 29.5 Å². The third kappa shape index (κ3) is 3.26. The molecular formula is C13H10BrN3O7. The van der Waals surface area contributed by atoms with E-state index in [1.807, 2.05) is 0 Å². The lowest BCUT2D eigenvalue weighted by Crippen LogP contribution is -2.34. The lowest BCUT2D eigenvalue weighted by molar-refractivity contribution is -0.384. The first kappa shape index (κ1) is 17.6. The molecule has 10 nitrogen and oxygen atoms in total. The lowest BCUT2D eigenvalue weighted by Gasteiger charge is -2.14. The Morgan fingerprint density at radius 2 is 2.04 bits per heavy atom. The number of β-amino-alcohol motifs (C(OH)–C–C–N with tert-alkyl or cyclic N) is 1. The fourth-order valence-electron chi connectivity index (χ4n) is 2.03. The number of rotatable bonds is 6. The monoisotopic (exact) mass is 399 g/mol. The highest BCUT2D eigenvalue weighted by molar-refractivity contribution is 9.10. The van der Waals surface area contributed by atoms with Gasteiger partial charge in [0.15, 0.2) is 0 Å². The summed E-state index contributed by atoms with van der Waals surface area (Å²) < 4.78 is 0.0378. The van der Waals surface area contributed by atoms with Gasteiger partial charge >= 0.3 is 5.97 Å². The minimum atomic E-state index is -1.36. The fraction of sp³-hybridized carbons (Fsp3) is 0.154. The van der Waals surface area contributed by atoms with E-state index in [2.05, 4.69) is 21.2 Å². The average molecular weight is 400 g/mol. The van der Waals surface area contributed by atoms with E-state index < -0.39 is 35.0 Å². The highest BCUT2D eigenvalue weighted by Gasteiger charge is 2.32. The summed E-state index contributed by atoms with van der Waals surface area (Å²) in [6, 6.07) is 1.97. The third-order valence-corrected chi connectivity index (χ3v) is 3.73. The number of hydrogen-bond donors (Lipinski definition) is 3. The molecule has 0 spiro atoms. The molecule has 0 bridgehead atoms. The van der Waals surface area contributed by atoms with Gasteiger partial charge in [0, 0.05) is 16.6 Å². The maximum absolute atomic E-state index is 12.1. The number of aliphatic hydroxyl groups excluding tert-OH is 1. The molecule has 2 rings (SSSR count). The van der Waals surface area contributed by atoms with Crippen LogP contribution in [0.2, 0.25) is 0 Å². The minimum absolute atomic E-state index is 0.0378. The number of anilines is 1. The zero-order valence-corrected chi connectivity index (χ0v) is 13.4. The first-order valence-corrected chi connectivity index (χ1v) is 7.22. The number of nitro groups is 1. The molecule has 0 saturated heterocycles. The van der Waals surface area contributed by atoms with Gasteiger partial charge in [0.2, 0.25) is 0 Å². The van der Waals surface area contributed by atoms with Gasteiger partial charge in [-0.3, -0.25) is 24.6 Å². The molecule has 0 aliphatic carbocycles. The number of nitrogens with one attached hydrogen (secondary N) is 1. The smallest absolute Gasteiger partial charge is 0.335 e. The molecule has 11 heteroatoms. The van der Waals surface area contributed by atoms with Crippen molar-refractivity contribution in [1.82, 2.24) is 4.90 Å². The van der Waals surface area contributed by atoms with Gasteiger partial charge in [0.25, 0.3) is 17.5 Å². The number of benzene rings is 1. The summed E-state index contributed by atoms with van der Waals surface area (Å²) in [6.45, 7) is -0.629. The van der Waals surface area contributed by atoms with E-state index in [0.717, 1.165) is 23.1 Å². The SMILES string of the molecule is O=C(O)c1cc(Br)c(NC2=CC(=O)N(CCO)C2=O)c([N+](=O)[O-])c1. The molecule has 1 aliphatic heterocycles. The molecule has 0 radical (unpaired) electrons. The fourth-order valence-corrected chi connectivity index (χ4v) is 2.58. The van der Waals surface area contributed by atoms with Crippen molar-refractivity contribution in [2.75, 3.05) is 18.5 Å². The Morgan fingerprint density at radius 3 is 2.58 bits per heavy atom. The van der Waals surface area contributed by atoms with E-state index >= 15 is 0 Å². The molecule has 2 amide bonds. The Bertz CT molecular complexity index is 790. The maximum Gasteiger partial charge on any atom is 0.335 e. The number of aromatic carboxylic acids is 1. The number of nitrogens with zero attached hydrogens (tertiary/aromatic N) is 2. The van der Waals surface area contributed by atoms with Crippen molar-refractivity contribution in [3.63, 3.8) is 0 Å². The Morgan fingerprint density at radius 1 is 1.38 bits per heavy atom. The number of imide groups is 1. The highest BCUT2D eigenvalue weighted by Crippen LogP contribution is 2.35. The molecule has 0 aromatic heterocycles. The molecule has 3 N–H and O–H groups in total. The van der Waals surface area contributed by atoms with Gasteiger partial charge in [-0.1, -0.05) is 0 Å². The van der Waals surface area contributed by atoms with Crippen molar-refractivity contribution >= 4 is 45.1 Å². The van der Waals surface area contributed by atoms with Gasteiger partial charge in [-0.05, 0) is 22.0 Å². The predicted molar refractivity (Wildman–Crippen MR) is 83.3 cm³/mol. The largest absolute Gasteiger partial charge is 0.478 e. The Hall–Kier alpha value is -2.79. The van der Waals surface area contributed by atoms with Crippen LogP contribution in [-0.2, 0) is 9.59 Å². The van der Waals surface area contributed by atoms with Crippen LogP contribution in [0.1, 0.15) is 10.4 Å². The van der Waals surface area contributed by atoms with Crippen LogP contribution >= 0.6 is 15.9 Å². The average Bonchev–Trinajstić information content (AvgIpc) is 2.76. The number of halogens is 1. The summed E-state index contributed by atoms with van der Waals surface area (Å²) in [5.74, 6) is -2.78. The molecular weight excluding hydrogens is 390 g/mol. The molecule has 0 fully saturated rings. The number of carboxylic acids is 1. The predicted octanol–water partition coefficient (Wildman–Crippen LogP) is 0.712. The Labute approximate surface area is 142 Å². The number of carbonyl (C=O) groups excluding carboxylic acids is 2. The maximum atomic E-state index is 12.1. The van der Waals surface area contributed by atoms with Crippen LogP contribution in [0.15, 0.2) is 28.4 Å². The molecule has 24 heavy (non-hydrogen) atoms. The van der Waals surface area contributed by atoms with Gasteiger partial charge in [-0.2, -0.15) is 0 Å². The quantitative estimate of drug-likeness (QED) is 0.359. The number of amides is 2. The first-order chi connectivity index (χ1) is 11.3. The summed E-state index contributed by atoms with van der Waals surface area (Å²) in [6.07, 6.45) is 0.944. The van der Waals surface area contributed by atoms with E-state index in [0.29, 0.717) is 0 Å². The van der Waals surface area contributed by atoms with Crippen molar-refractivity contribution in [3.05, 3.63) is 44.1 Å². The van der Waals surface area contributed by atoms with Crippen molar-refractivity contribution in [2.45, 2.75) is 0 Å². The van der Waals surface area contributed by atoms with E-state index in [-0.39, 0.29) is 28.0 Å². The number of hydrogen-bond acceptors (Lipinski definition) is 7. The van der Waals surface area contributed by atoms with Crippen LogP contribution in [0.3, 0.4) is 0 Å². The lowest BCUT2D eigenvalue weighted by atomic mass is 10.1. The van der Waals surface area contributed by atoms with E-state index in [4.69, 9.17) is 10.2 Å². The van der Waals surface area contributed by atoms with Crippen LogP contribution in [-0.4, -0.2) is 51.0 Å². The molecule has 1 aliphatic rings. The molecule has 1 aromatic rings. The number of carboxylic acid groups (broad SMARTS) is 1.